The van der Waals surface area contributed by atoms with Crippen LogP contribution in [-0.4, -0.2) is 19.3 Å². The van der Waals surface area contributed by atoms with Gasteiger partial charge in [-0.05, 0) is 13.8 Å². The highest BCUT2D eigenvalue weighted by atomic mass is 15.5. The van der Waals surface area contributed by atoms with E-state index in [1.165, 1.54) is 0 Å². The van der Waals surface area contributed by atoms with E-state index in [4.69, 9.17) is 0 Å². The molecule has 4 heteroatoms. The molecule has 74 valence electrons. The largest absolute Gasteiger partial charge is 0.243 e. The van der Waals surface area contributed by atoms with Crippen molar-refractivity contribution >= 4 is 0 Å². The summed E-state index contributed by atoms with van der Waals surface area (Å²) in [6.45, 7) is 6.08. The molecule has 0 aromatic carbocycles. The minimum atomic E-state index is 0.922. The van der Waals surface area contributed by atoms with Crippen LogP contribution in [0, 0.1) is 13.8 Å². The average molecular weight is 190 g/mol. The first-order valence-corrected chi connectivity index (χ1v) is 4.77. The Kier molecular flexibility index (Phi) is 2.11. The third-order valence-electron chi connectivity index (χ3n) is 2.14. The van der Waals surface area contributed by atoms with E-state index in [0.29, 0.717) is 0 Å². The molecule has 0 atom stereocenters. The second-order valence-corrected chi connectivity index (χ2v) is 3.39. The number of aryl methyl sites for hydroxylation is 3. The summed E-state index contributed by atoms with van der Waals surface area (Å²) in [6.07, 6.45) is 6.72. The van der Waals surface area contributed by atoms with E-state index in [2.05, 4.69) is 16.9 Å². The standard InChI is InChI=1S/C10H14N4/c1-4-10-12-9(3)6-14(10)13-5-8(2)11-7-13/h5-7H,4H2,1-3H3. The first-order chi connectivity index (χ1) is 6.70. The van der Waals surface area contributed by atoms with Crippen LogP contribution in [0.4, 0.5) is 0 Å². The third kappa shape index (κ3) is 1.43. The Hall–Kier alpha value is -1.58. The van der Waals surface area contributed by atoms with E-state index in [0.717, 1.165) is 23.6 Å². The molecule has 0 spiro atoms. The molecule has 2 heterocycles. The molecule has 2 aromatic heterocycles. The molecular formula is C10H14N4. The number of nitrogens with zero attached hydrogens (tertiary/aromatic N) is 4. The zero-order chi connectivity index (χ0) is 10.1. The van der Waals surface area contributed by atoms with Gasteiger partial charge in [0, 0.05) is 12.6 Å². The summed E-state index contributed by atoms with van der Waals surface area (Å²) in [5, 5.41) is 0. The van der Waals surface area contributed by atoms with Crippen LogP contribution in [0.25, 0.3) is 0 Å². The molecule has 0 radical (unpaired) electrons. The molecule has 0 unspecified atom stereocenters. The SMILES string of the molecule is CCc1nc(C)cn1-n1cnc(C)c1. The van der Waals surface area contributed by atoms with Gasteiger partial charge in [0.2, 0.25) is 0 Å². The molecule has 0 fully saturated rings. The van der Waals surface area contributed by atoms with Gasteiger partial charge in [0.15, 0.2) is 0 Å². The summed E-state index contributed by atoms with van der Waals surface area (Å²) < 4.78 is 3.98. The van der Waals surface area contributed by atoms with Crippen molar-refractivity contribution in [2.24, 2.45) is 0 Å². The Morgan fingerprint density at radius 2 is 2.00 bits per heavy atom. The number of imidazole rings is 2. The zero-order valence-corrected chi connectivity index (χ0v) is 8.73. The smallest absolute Gasteiger partial charge is 0.128 e. The zero-order valence-electron chi connectivity index (χ0n) is 8.73. The molecule has 0 bridgehead atoms. The summed E-state index contributed by atoms with van der Waals surface area (Å²) in [6, 6.07) is 0. The van der Waals surface area contributed by atoms with Crippen LogP contribution >= 0.6 is 0 Å². The van der Waals surface area contributed by atoms with Crippen LogP contribution in [0.15, 0.2) is 18.7 Å². The lowest BCUT2D eigenvalue weighted by Crippen LogP contribution is -2.09. The van der Waals surface area contributed by atoms with Gasteiger partial charge in [0.1, 0.15) is 12.2 Å². The number of hydrogen-bond donors (Lipinski definition) is 0. The van der Waals surface area contributed by atoms with Gasteiger partial charge in [-0.15, -0.1) is 0 Å². The fourth-order valence-electron chi connectivity index (χ4n) is 1.50. The third-order valence-corrected chi connectivity index (χ3v) is 2.14. The summed E-state index contributed by atoms with van der Waals surface area (Å²) >= 11 is 0. The Bertz CT molecular complexity index is 439. The molecule has 2 rings (SSSR count). The van der Waals surface area contributed by atoms with Crippen LogP contribution in [0.5, 0.6) is 0 Å². The van der Waals surface area contributed by atoms with E-state index in [-0.39, 0.29) is 0 Å². The minimum Gasteiger partial charge on any atom is -0.243 e. The molecular weight excluding hydrogens is 176 g/mol. The lowest BCUT2D eigenvalue weighted by atomic mass is 10.5. The molecule has 0 aliphatic heterocycles. The van der Waals surface area contributed by atoms with E-state index < -0.39 is 0 Å². The van der Waals surface area contributed by atoms with Gasteiger partial charge in [-0.1, -0.05) is 6.92 Å². The Morgan fingerprint density at radius 1 is 1.21 bits per heavy atom. The van der Waals surface area contributed by atoms with Crippen molar-refractivity contribution in [3.63, 3.8) is 0 Å². The molecule has 2 aromatic rings. The fraction of sp³-hybridized carbons (Fsp3) is 0.400. The second-order valence-electron chi connectivity index (χ2n) is 3.39. The van der Waals surface area contributed by atoms with Gasteiger partial charge in [-0.3, -0.25) is 0 Å². The summed E-state index contributed by atoms with van der Waals surface area (Å²) in [4.78, 5) is 8.62. The van der Waals surface area contributed by atoms with E-state index in [9.17, 15) is 0 Å². The summed E-state index contributed by atoms with van der Waals surface area (Å²) in [5.41, 5.74) is 2.05. The quantitative estimate of drug-likeness (QED) is 0.720. The number of rotatable bonds is 2. The Morgan fingerprint density at radius 3 is 2.57 bits per heavy atom. The monoisotopic (exact) mass is 190 g/mol. The van der Waals surface area contributed by atoms with Gasteiger partial charge >= 0.3 is 0 Å². The van der Waals surface area contributed by atoms with E-state index in [1.807, 2.05) is 35.6 Å². The predicted molar refractivity (Wildman–Crippen MR) is 54.1 cm³/mol. The van der Waals surface area contributed by atoms with Gasteiger partial charge in [0.25, 0.3) is 0 Å². The molecule has 0 saturated heterocycles. The second kappa shape index (κ2) is 3.29. The first kappa shape index (κ1) is 8.99. The van der Waals surface area contributed by atoms with Crippen molar-refractivity contribution in [2.75, 3.05) is 0 Å². The van der Waals surface area contributed by atoms with Crippen molar-refractivity contribution in [1.29, 1.82) is 0 Å². The summed E-state index contributed by atoms with van der Waals surface area (Å²) in [5.74, 6) is 1.06. The highest BCUT2D eigenvalue weighted by molar-refractivity contribution is 5.04. The van der Waals surface area contributed by atoms with Crippen molar-refractivity contribution in [3.05, 3.63) is 35.9 Å². The first-order valence-electron chi connectivity index (χ1n) is 4.77. The Balaban J connectivity index is 2.49. The van der Waals surface area contributed by atoms with Crippen LogP contribution < -0.4 is 0 Å². The average Bonchev–Trinajstić information content (AvgIpc) is 2.71. The minimum absolute atomic E-state index is 0.922. The van der Waals surface area contributed by atoms with E-state index in [1.54, 1.807) is 6.33 Å². The Labute approximate surface area is 83.2 Å². The maximum absolute atomic E-state index is 4.43. The molecule has 0 aliphatic carbocycles. The normalized spacial score (nSPS) is 10.8. The van der Waals surface area contributed by atoms with Gasteiger partial charge in [-0.25, -0.2) is 19.3 Å². The van der Waals surface area contributed by atoms with Crippen molar-refractivity contribution in [1.82, 2.24) is 19.3 Å². The molecule has 14 heavy (non-hydrogen) atoms. The maximum atomic E-state index is 4.43. The number of hydrogen-bond acceptors (Lipinski definition) is 2. The van der Waals surface area contributed by atoms with Crippen molar-refractivity contribution < 1.29 is 0 Å². The van der Waals surface area contributed by atoms with Gasteiger partial charge < -0.3 is 0 Å². The maximum Gasteiger partial charge on any atom is 0.128 e. The van der Waals surface area contributed by atoms with Gasteiger partial charge in [0.05, 0.1) is 17.6 Å². The highest BCUT2D eigenvalue weighted by Crippen LogP contribution is 2.05. The number of aromatic nitrogens is 4. The highest BCUT2D eigenvalue weighted by Gasteiger charge is 2.04. The van der Waals surface area contributed by atoms with Gasteiger partial charge in [-0.2, -0.15) is 0 Å². The molecule has 0 aliphatic rings. The molecule has 0 amide bonds. The molecule has 0 saturated carbocycles. The van der Waals surface area contributed by atoms with Crippen molar-refractivity contribution in [3.8, 4) is 0 Å². The van der Waals surface area contributed by atoms with Crippen LogP contribution in [-0.2, 0) is 6.42 Å². The lowest BCUT2D eigenvalue weighted by Gasteiger charge is -2.05. The van der Waals surface area contributed by atoms with Crippen molar-refractivity contribution in [2.45, 2.75) is 27.2 Å². The lowest BCUT2D eigenvalue weighted by molar-refractivity contribution is 0.617. The molecule has 4 nitrogen and oxygen atoms in total. The van der Waals surface area contributed by atoms with Crippen LogP contribution in [0.2, 0.25) is 0 Å². The van der Waals surface area contributed by atoms with Crippen LogP contribution in [0.3, 0.4) is 0 Å². The van der Waals surface area contributed by atoms with Crippen LogP contribution in [0.1, 0.15) is 24.1 Å². The molecule has 0 N–H and O–H groups in total. The van der Waals surface area contributed by atoms with E-state index >= 15 is 0 Å². The topological polar surface area (TPSA) is 35.6 Å². The summed E-state index contributed by atoms with van der Waals surface area (Å²) in [7, 11) is 0. The predicted octanol–water partition coefficient (Wildman–Crippen LogP) is 1.57. The fourth-order valence-corrected chi connectivity index (χ4v) is 1.50.